The monoisotopic (exact) mass is 388 g/mol. The molecule has 1 aromatic heterocycles. The molecule has 0 fully saturated rings. The first-order valence-corrected chi connectivity index (χ1v) is 9.72. The topological polar surface area (TPSA) is 75.2 Å². The van der Waals surface area contributed by atoms with Gasteiger partial charge in [-0.2, -0.15) is 4.57 Å². The number of aromatic nitrogens is 2. The van der Waals surface area contributed by atoms with Crippen LogP contribution in [0.3, 0.4) is 0 Å². The molecule has 0 spiro atoms. The summed E-state index contributed by atoms with van der Waals surface area (Å²) >= 11 is 1.30. The molecule has 0 N–H and O–H groups in total. The number of rotatable bonds is 8. The van der Waals surface area contributed by atoms with Gasteiger partial charge in [-0.1, -0.05) is 38.1 Å². The number of hydrogen-bond acceptors (Lipinski definition) is 5. The lowest BCUT2D eigenvalue weighted by atomic mass is 10.2. The number of nitrogens with zero attached hydrogens (tertiary/aromatic N) is 2. The molecule has 0 radical (unpaired) electrons. The minimum atomic E-state index is -0.455. The van der Waals surface area contributed by atoms with Gasteiger partial charge in [0, 0.05) is 11.3 Å². The van der Waals surface area contributed by atoms with E-state index in [2.05, 4.69) is 6.58 Å². The molecule has 0 bridgehead atoms. The summed E-state index contributed by atoms with van der Waals surface area (Å²) in [7, 11) is 1.66. The zero-order valence-electron chi connectivity index (χ0n) is 15.9. The number of para-hydroxylation sites is 1. The first kappa shape index (κ1) is 20.8. The van der Waals surface area contributed by atoms with Gasteiger partial charge in [0.1, 0.15) is 12.3 Å². The van der Waals surface area contributed by atoms with Gasteiger partial charge in [0.15, 0.2) is 0 Å². The molecule has 1 aromatic carbocycles. The SMILES string of the molecule is C=C(C)C(=O)OCCSc1n(-c2ccccc2)c(=O)c(CCC)c([O-])[n+]1C. The van der Waals surface area contributed by atoms with Gasteiger partial charge in [-0.05, 0) is 37.2 Å². The standard InChI is InChI=1S/C20H24N2O4S/c1-5-9-16-17(23)21(4)20(27-13-12-26-19(25)14(2)3)22(18(16)24)15-10-7-6-8-11-15/h6-8,10-11H,2,5,9,12-13H2,1,3-4H3. The summed E-state index contributed by atoms with van der Waals surface area (Å²) in [6.07, 6.45) is 1.14. The van der Waals surface area contributed by atoms with Crippen LogP contribution in [0.4, 0.5) is 0 Å². The Hall–Kier alpha value is -2.54. The van der Waals surface area contributed by atoms with Gasteiger partial charge >= 0.3 is 16.7 Å². The predicted molar refractivity (Wildman–Crippen MR) is 103 cm³/mol. The summed E-state index contributed by atoms with van der Waals surface area (Å²) < 4.78 is 8.14. The molecule has 0 unspecified atom stereocenters. The molecule has 2 aromatic rings. The largest absolute Gasteiger partial charge is 0.842 e. The molecule has 0 amide bonds. The normalized spacial score (nSPS) is 10.6. The van der Waals surface area contributed by atoms with E-state index in [1.807, 2.05) is 37.3 Å². The second-order valence-corrected chi connectivity index (χ2v) is 7.18. The maximum Gasteiger partial charge on any atom is 0.345 e. The van der Waals surface area contributed by atoms with Crippen molar-refractivity contribution < 1.29 is 19.2 Å². The van der Waals surface area contributed by atoms with Crippen molar-refractivity contribution in [3.63, 3.8) is 0 Å². The number of hydrogen-bond donors (Lipinski definition) is 0. The van der Waals surface area contributed by atoms with Gasteiger partial charge in [-0.15, -0.1) is 0 Å². The van der Waals surface area contributed by atoms with Crippen LogP contribution in [0.2, 0.25) is 0 Å². The first-order chi connectivity index (χ1) is 12.9. The molecular weight excluding hydrogens is 364 g/mol. The van der Waals surface area contributed by atoms with E-state index in [4.69, 9.17) is 4.74 Å². The van der Waals surface area contributed by atoms with Crippen molar-refractivity contribution in [3.05, 3.63) is 58.4 Å². The number of ether oxygens (including phenoxy) is 1. The van der Waals surface area contributed by atoms with Gasteiger partial charge in [0.05, 0.1) is 18.5 Å². The van der Waals surface area contributed by atoms with Crippen LogP contribution < -0.4 is 15.2 Å². The zero-order chi connectivity index (χ0) is 20.0. The molecule has 7 heteroatoms. The fourth-order valence-electron chi connectivity index (χ4n) is 2.57. The number of esters is 1. The van der Waals surface area contributed by atoms with E-state index < -0.39 is 5.97 Å². The molecule has 6 nitrogen and oxygen atoms in total. The van der Waals surface area contributed by atoms with E-state index in [9.17, 15) is 14.7 Å². The van der Waals surface area contributed by atoms with Gasteiger partial charge in [0.2, 0.25) is 0 Å². The third kappa shape index (κ3) is 4.80. The molecule has 0 saturated carbocycles. The maximum atomic E-state index is 13.0. The van der Waals surface area contributed by atoms with Crippen molar-refractivity contribution >= 4 is 17.7 Å². The zero-order valence-corrected chi connectivity index (χ0v) is 16.7. The predicted octanol–water partition coefficient (Wildman–Crippen LogP) is 1.90. The molecule has 1 heterocycles. The summed E-state index contributed by atoms with van der Waals surface area (Å²) in [5.41, 5.74) is 1.00. The first-order valence-electron chi connectivity index (χ1n) is 8.74. The van der Waals surface area contributed by atoms with E-state index in [0.717, 1.165) is 0 Å². The summed E-state index contributed by atoms with van der Waals surface area (Å²) in [5, 5.41) is 13.2. The molecule has 27 heavy (non-hydrogen) atoms. The second-order valence-electron chi connectivity index (χ2n) is 6.12. The molecule has 0 atom stereocenters. The lowest BCUT2D eigenvalue weighted by molar-refractivity contribution is -0.752. The number of carbonyl (C=O) groups is 1. The van der Waals surface area contributed by atoms with Crippen LogP contribution in [0.25, 0.3) is 5.69 Å². The molecule has 0 aliphatic heterocycles. The summed E-state index contributed by atoms with van der Waals surface area (Å²) in [6, 6.07) is 9.21. The highest BCUT2D eigenvalue weighted by Crippen LogP contribution is 2.20. The smallest absolute Gasteiger partial charge is 0.345 e. The van der Waals surface area contributed by atoms with Crippen LogP contribution in [-0.4, -0.2) is 22.9 Å². The molecular formula is C20H24N2O4S. The lowest BCUT2D eigenvalue weighted by Gasteiger charge is -2.17. The third-order valence-electron chi connectivity index (χ3n) is 3.91. The number of thioether (sulfide) groups is 1. The van der Waals surface area contributed by atoms with Crippen molar-refractivity contribution in [2.45, 2.75) is 31.8 Å². The fraction of sp³-hybridized carbons (Fsp3) is 0.350. The highest BCUT2D eigenvalue weighted by molar-refractivity contribution is 7.99. The van der Waals surface area contributed by atoms with Gasteiger partial charge in [0.25, 0.3) is 0 Å². The fourth-order valence-corrected chi connectivity index (χ4v) is 3.52. The minimum Gasteiger partial charge on any atom is -0.842 e. The van der Waals surface area contributed by atoms with E-state index in [1.54, 1.807) is 18.5 Å². The summed E-state index contributed by atoms with van der Waals surface area (Å²) in [4.78, 5) is 24.5. The van der Waals surface area contributed by atoms with E-state index >= 15 is 0 Å². The van der Waals surface area contributed by atoms with Gasteiger partial charge in [-0.25, -0.2) is 14.2 Å². The van der Waals surface area contributed by atoms with Crippen LogP contribution >= 0.6 is 11.8 Å². The van der Waals surface area contributed by atoms with E-state index in [1.165, 1.54) is 16.3 Å². The maximum absolute atomic E-state index is 13.0. The molecule has 0 aliphatic rings. The Morgan fingerprint density at radius 3 is 2.59 bits per heavy atom. The molecule has 0 saturated heterocycles. The third-order valence-corrected chi connectivity index (χ3v) is 5.00. The summed E-state index contributed by atoms with van der Waals surface area (Å²) in [5.74, 6) is -0.329. The van der Waals surface area contributed by atoms with Crippen LogP contribution in [0, 0.1) is 0 Å². The van der Waals surface area contributed by atoms with Crippen molar-refractivity contribution in [1.82, 2.24) is 4.57 Å². The van der Waals surface area contributed by atoms with E-state index in [-0.39, 0.29) is 23.6 Å². The second kappa shape index (κ2) is 9.41. The molecule has 2 rings (SSSR count). The van der Waals surface area contributed by atoms with Crippen molar-refractivity contribution in [3.8, 4) is 11.6 Å². The lowest BCUT2D eigenvalue weighted by Crippen LogP contribution is -2.45. The average Bonchev–Trinajstić information content (AvgIpc) is 2.66. The Labute approximate surface area is 163 Å². The Morgan fingerprint density at radius 2 is 2.00 bits per heavy atom. The van der Waals surface area contributed by atoms with Crippen molar-refractivity contribution in [2.24, 2.45) is 7.05 Å². The Balaban J connectivity index is 2.41. The Bertz CT molecular complexity index is 891. The highest BCUT2D eigenvalue weighted by atomic mass is 32.2. The quantitative estimate of drug-likeness (QED) is 0.172. The molecule has 0 aliphatic carbocycles. The Morgan fingerprint density at radius 1 is 1.33 bits per heavy atom. The van der Waals surface area contributed by atoms with Crippen LogP contribution in [-0.2, 0) is 23.0 Å². The van der Waals surface area contributed by atoms with Crippen LogP contribution in [0.1, 0.15) is 25.8 Å². The van der Waals surface area contributed by atoms with Crippen LogP contribution in [0.5, 0.6) is 5.88 Å². The minimum absolute atomic E-state index is 0.157. The van der Waals surface area contributed by atoms with Crippen LogP contribution in [0.15, 0.2) is 52.4 Å². The van der Waals surface area contributed by atoms with Gasteiger partial charge in [-0.3, -0.25) is 0 Å². The Kier molecular flexibility index (Phi) is 7.24. The van der Waals surface area contributed by atoms with Crippen molar-refractivity contribution in [2.75, 3.05) is 12.4 Å². The highest BCUT2D eigenvalue weighted by Gasteiger charge is 2.24. The number of benzene rings is 1. The number of carbonyl (C=O) groups excluding carboxylic acids is 1. The summed E-state index contributed by atoms with van der Waals surface area (Å²) in [6.45, 7) is 7.21. The molecule has 144 valence electrons. The average molecular weight is 388 g/mol. The van der Waals surface area contributed by atoms with Gasteiger partial charge < -0.3 is 9.84 Å². The van der Waals surface area contributed by atoms with E-state index in [0.29, 0.717) is 35.0 Å². The van der Waals surface area contributed by atoms with Crippen molar-refractivity contribution in [1.29, 1.82) is 0 Å².